The number of amides is 2. The molecule has 23 heavy (non-hydrogen) atoms. The van der Waals surface area contributed by atoms with Gasteiger partial charge in [0.25, 0.3) is 11.8 Å². The highest BCUT2D eigenvalue weighted by Gasteiger charge is 2.15. The van der Waals surface area contributed by atoms with E-state index in [9.17, 15) is 14.0 Å². The van der Waals surface area contributed by atoms with Gasteiger partial charge in [0.15, 0.2) is 0 Å². The van der Waals surface area contributed by atoms with Gasteiger partial charge in [-0.3, -0.25) is 14.6 Å². The number of nitrogens with one attached hydrogen (secondary N) is 1. The van der Waals surface area contributed by atoms with Crippen molar-refractivity contribution >= 4 is 17.5 Å². The lowest BCUT2D eigenvalue weighted by molar-refractivity contribution is 0.0773. The Balaban J connectivity index is 2.19. The van der Waals surface area contributed by atoms with Crippen LogP contribution in [0, 0.1) is 5.82 Å². The van der Waals surface area contributed by atoms with Crippen LogP contribution in [0.3, 0.4) is 0 Å². The number of aromatic nitrogens is 1. The lowest BCUT2D eigenvalue weighted by atomic mass is 10.2. The Morgan fingerprint density at radius 3 is 2.57 bits per heavy atom. The first-order valence-electron chi connectivity index (χ1n) is 7.37. The van der Waals surface area contributed by atoms with Gasteiger partial charge in [-0.2, -0.15) is 0 Å². The highest BCUT2D eigenvalue weighted by molar-refractivity contribution is 6.04. The minimum Gasteiger partial charge on any atom is -0.339 e. The molecule has 1 aromatic carbocycles. The van der Waals surface area contributed by atoms with Crippen LogP contribution >= 0.6 is 0 Å². The molecule has 2 amide bonds. The molecule has 0 aliphatic rings. The molecule has 0 radical (unpaired) electrons. The summed E-state index contributed by atoms with van der Waals surface area (Å²) < 4.78 is 13.1. The second-order valence-electron chi connectivity index (χ2n) is 4.87. The summed E-state index contributed by atoms with van der Waals surface area (Å²) in [5.41, 5.74) is 0.831. The number of halogens is 1. The Bertz CT molecular complexity index is 714. The first-order valence-corrected chi connectivity index (χ1v) is 7.37. The lowest BCUT2D eigenvalue weighted by Crippen LogP contribution is -2.30. The molecule has 1 aromatic heterocycles. The highest BCUT2D eigenvalue weighted by Crippen LogP contribution is 2.12. The number of hydrogen-bond donors (Lipinski definition) is 1. The van der Waals surface area contributed by atoms with Crippen LogP contribution < -0.4 is 5.32 Å². The number of benzene rings is 1. The summed E-state index contributed by atoms with van der Waals surface area (Å²) in [4.78, 5) is 30.1. The summed E-state index contributed by atoms with van der Waals surface area (Å²) in [6.07, 6.45) is 1.41. The second kappa shape index (κ2) is 7.49. The lowest BCUT2D eigenvalue weighted by Gasteiger charge is -2.18. The zero-order chi connectivity index (χ0) is 16.8. The summed E-state index contributed by atoms with van der Waals surface area (Å²) in [7, 11) is 0. The van der Waals surface area contributed by atoms with Crippen LogP contribution in [-0.2, 0) is 0 Å². The smallest absolute Gasteiger partial charge is 0.274 e. The molecule has 1 heterocycles. The van der Waals surface area contributed by atoms with Crippen molar-refractivity contribution in [1.29, 1.82) is 0 Å². The van der Waals surface area contributed by atoms with Crippen molar-refractivity contribution in [2.75, 3.05) is 18.4 Å². The molecule has 0 aliphatic heterocycles. The first kappa shape index (κ1) is 16.6. The minimum atomic E-state index is -0.496. The number of hydrogen-bond acceptors (Lipinski definition) is 3. The summed E-state index contributed by atoms with van der Waals surface area (Å²) in [6.45, 7) is 4.95. The Morgan fingerprint density at radius 2 is 1.91 bits per heavy atom. The summed E-state index contributed by atoms with van der Waals surface area (Å²) in [6, 6.07) is 8.58. The van der Waals surface area contributed by atoms with Gasteiger partial charge < -0.3 is 10.2 Å². The third-order valence-electron chi connectivity index (χ3n) is 3.37. The number of carbonyl (C=O) groups is 2. The minimum absolute atomic E-state index is 0.104. The van der Waals surface area contributed by atoms with Crippen LogP contribution in [0.2, 0.25) is 0 Å². The van der Waals surface area contributed by atoms with Crippen LogP contribution in [0.1, 0.15) is 34.7 Å². The van der Waals surface area contributed by atoms with E-state index < -0.39 is 11.7 Å². The number of nitrogens with zero attached hydrogens (tertiary/aromatic N) is 2. The van der Waals surface area contributed by atoms with E-state index >= 15 is 0 Å². The van der Waals surface area contributed by atoms with E-state index in [1.165, 1.54) is 30.5 Å². The van der Waals surface area contributed by atoms with Crippen molar-refractivity contribution in [3.63, 3.8) is 0 Å². The van der Waals surface area contributed by atoms with Crippen molar-refractivity contribution < 1.29 is 14.0 Å². The second-order valence-corrected chi connectivity index (χ2v) is 4.87. The number of anilines is 1. The molecule has 0 unspecified atom stereocenters. The molecule has 0 saturated carbocycles. The Hall–Kier alpha value is -2.76. The van der Waals surface area contributed by atoms with Crippen molar-refractivity contribution in [3.8, 4) is 0 Å². The average Bonchev–Trinajstić information content (AvgIpc) is 2.56. The van der Waals surface area contributed by atoms with E-state index in [2.05, 4.69) is 10.3 Å². The molecule has 0 spiro atoms. The van der Waals surface area contributed by atoms with Gasteiger partial charge in [0, 0.05) is 30.5 Å². The van der Waals surface area contributed by atoms with Crippen molar-refractivity contribution in [3.05, 3.63) is 59.7 Å². The molecule has 6 heteroatoms. The first-order chi connectivity index (χ1) is 11.0. The molecule has 0 saturated heterocycles. The molecular weight excluding hydrogens is 297 g/mol. The number of carbonyl (C=O) groups excluding carboxylic acids is 2. The van der Waals surface area contributed by atoms with Gasteiger partial charge in [0.05, 0.1) is 0 Å². The molecule has 5 nitrogen and oxygen atoms in total. The summed E-state index contributed by atoms with van der Waals surface area (Å²) in [5, 5.41) is 2.56. The van der Waals surface area contributed by atoms with Crippen molar-refractivity contribution in [2.45, 2.75) is 13.8 Å². The monoisotopic (exact) mass is 315 g/mol. The molecule has 0 bridgehead atoms. The largest absolute Gasteiger partial charge is 0.339 e. The van der Waals surface area contributed by atoms with Gasteiger partial charge in [0.2, 0.25) is 0 Å². The maximum Gasteiger partial charge on any atom is 0.274 e. The summed E-state index contributed by atoms with van der Waals surface area (Å²) >= 11 is 0. The molecule has 1 N–H and O–H groups in total. The zero-order valence-electron chi connectivity index (χ0n) is 13.0. The number of pyridine rings is 1. The molecular formula is C17H18FN3O2. The standard InChI is InChI=1S/C17H18FN3O2/c1-3-21(4-2)17(23)12-8-9-19-15(10-12)16(22)20-14-7-5-6-13(18)11-14/h5-11H,3-4H2,1-2H3,(H,20,22). The molecule has 0 atom stereocenters. The van der Waals surface area contributed by atoms with Crippen molar-refractivity contribution in [2.24, 2.45) is 0 Å². The molecule has 0 fully saturated rings. The van der Waals surface area contributed by atoms with Gasteiger partial charge in [-0.05, 0) is 44.2 Å². The fourth-order valence-electron chi connectivity index (χ4n) is 2.14. The van der Waals surface area contributed by atoms with Crippen LogP contribution in [0.4, 0.5) is 10.1 Å². The van der Waals surface area contributed by atoms with E-state index in [1.807, 2.05) is 13.8 Å². The van der Waals surface area contributed by atoms with Crippen LogP contribution in [-0.4, -0.2) is 34.8 Å². The topological polar surface area (TPSA) is 62.3 Å². The molecule has 2 aromatic rings. The predicted molar refractivity (Wildman–Crippen MR) is 85.8 cm³/mol. The summed E-state index contributed by atoms with van der Waals surface area (Å²) in [5.74, 6) is -1.09. The highest BCUT2D eigenvalue weighted by atomic mass is 19.1. The van der Waals surface area contributed by atoms with Gasteiger partial charge in [-0.25, -0.2) is 4.39 Å². The predicted octanol–water partition coefficient (Wildman–Crippen LogP) is 2.96. The van der Waals surface area contributed by atoms with Gasteiger partial charge in [-0.1, -0.05) is 6.07 Å². The van der Waals surface area contributed by atoms with Gasteiger partial charge >= 0.3 is 0 Å². The van der Waals surface area contributed by atoms with Crippen LogP contribution in [0.25, 0.3) is 0 Å². The van der Waals surface area contributed by atoms with E-state index in [4.69, 9.17) is 0 Å². The van der Waals surface area contributed by atoms with E-state index in [0.29, 0.717) is 24.3 Å². The van der Waals surface area contributed by atoms with Gasteiger partial charge in [-0.15, -0.1) is 0 Å². The molecule has 120 valence electrons. The quantitative estimate of drug-likeness (QED) is 0.922. The fourth-order valence-corrected chi connectivity index (χ4v) is 2.14. The van der Waals surface area contributed by atoms with E-state index in [0.717, 1.165) is 0 Å². The van der Waals surface area contributed by atoms with E-state index in [-0.39, 0.29) is 11.6 Å². The van der Waals surface area contributed by atoms with Gasteiger partial charge in [0.1, 0.15) is 11.5 Å². The molecule has 0 aliphatic carbocycles. The molecule has 2 rings (SSSR count). The van der Waals surface area contributed by atoms with Crippen LogP contribution in [0.5, 0.6) is 0 Å². The van der Waals surface area contributed by atoms with E-state index in [1.54, 1.807) is 17.0 Å². The number of rotatable bonds is 5. The normalized spacial score (nSPS) is 10.2. The van der Waals surface area contributed by atoms with Crippen molar-refractivity contribution in [1.82, 2.24) is 9.88 Å². The average molecular weight is 315 g/mol. The maximum absolute atomic E-state index is 13.1. The fraction of sp³-hybridized carbons (Fsp3) is 0.235. The van der Waals surface area contributed by atoms with Crippen LogP contribution in [0.15, 0.2) is 42.6 Å². The Labute approximate surface area is 134 Å². The maximum atomic E-state index is 13.1. The third kappa shape index (κ3) is 4.12. The zero-order valence-corrected chi connectivity index (χ0v) is 13.0. The Morgan fingerprint density at radius 1 is 1.17 bits per heavy atom. The Kier molecular flexibility index (Phi) is 5.41. The third-order valence-corrected chi connectivity index (χ3v) is 3.37. The SMILES string of the molecule is CCN(CC)C(=O)c1ccnc(C(=O)Nc2cccc(F)c2)c1.